The SMILES string of the molecule is C/C(N)=C/C(=O)Nc1cc(Cl)ccc1Cl. The Morgan fingerprint density at radius 1 is 1.47 bits per heavy atom. The van der Waals surface area contributed by atoms with Crippen molar-refractivity contribution in [3.8, 4) is 0 Å². The molecule has 0 unspecified atom stereocenters. The quantitative estimate of drug-likeness (QED) is 0.787. The summed E-state index contributed by atoms with van der Waals surface area (Å²) in [5.41, 5.74) is 6.24. The van der Waals surface area contributed by atoms with Crippen LogP contribution in [0.25, 0.3) is 0 Å². The van der Waals surface area contributed by atoms with Crippen LogP contribution in [0.15, 0.2) is 30.0 Å². The lowest BCUT2D eigenvalue weighted by molar-refractivity contribution is -0.111. The summed E-state index contributed by atoms with van der Waals surface area (Å²) in [6.07, 6.45) is 1.28. The minimum absolute atomic E-state index is 0.334. The van der Waals surface area contributed by atoms with E-state index < -0.39 is 0 Å². The molecule has 0 radical (unpaired) electrons. The van der Waals surface area contributed by atoms with Crippen LogP contribution in [-0.4, -0.2) is 5.91 Å². The lowest BCUT2D eigenvalue weighted by atomic mass is 10.3. The third-order valence-electron chi connectivity index (χ3n) is 1.55. The Bertz CT molecular complexity index is 412. The van der Waals surface area contributed by atoms with Crippen molar-refractivity contribution in [3.05, 3.63) is 40.0 Å². The second kappa shape index (κ2) is 5.05. The number of nitrogens with one attached hydrogen (secondary N) is 1. The number of benzene rings is 1. The van der Waals surface area contributed by atoms with Gasteiger partial charge in [-0.05, 0) is 25.1 Å². The van der Waals surface area contributed by atoms with Gasteiger partial charge in [0.2, 0.25) is 5.91 Å². The fourth-order valence-electron chi connectivity index (χ4n) is 0.969. The normalized spacial score (nSPS) is 11.3. The Balaban J connectivity index is 2.85. The molecule has 0 aliphatic heterocycles. The van der Waals surface area contributed by atoms with E-state index in [0.29, 0.717) is 21.4 Å². The van der Waals surface area contributed by atoms with E-state index in [9.17, 15) is 4.79 Å². The van der Waals surface area contributed by atoms with Gasteiger partial charge in [-0.2, -0.15) is 0 Å². The van der Waals surface area contributed by atoms with Crippen LogP contribution in [0.2, 0.25) is 10.0 Å². The summed E-state index contributed by atoms with van der Waals surface area (Å²) in [7, 11) is 0. The molecule has 1 amide bonds. The fraction of sp³-hybridized carbons (Fsp3) is 0.100. The summed E-state index contributed by atoms with van der Waals surface area (Å²) in [6.45, 7) is 1.62. The average molecular weight is 245 g/mol. The van der Waals surface area contributed by atoms with Gasteiger partial charge in [0.15, 0.2) is 0 Å². The molecule has 0 heterocycles. The van der Waals surface area contributed by atoms with Gasteiger partial charge < -0.3 is 11.1 Å². The largest absolute Gasteiger partial charge is 0.402 e. The zero-order valence-electron chi connectivity index (χ0n) is 8.05. The number of anilines is 1. The van der Waals surface area contributed by atoms with Gasteiger partial charge in [-0.1, -0.05) is 23.2 Å². The van der Waals surface area contributed by atoms with Gasteiger partial charge in [0.05, 0.1) is 10.7 Å². The highest BCUT2D eigenvalue weighted by Crippen LogP contribution is 2.25. The summed E-state index contributed by atoms with van der Waals surface area (Å²) in [5, 5.41) is 3.50. The molecule has 1 aromatic rings. The highest BCUT2D eigenvalue weighted by molar-refractivity contribution is 6.35. The van der Waals surface area contributed by atoms with E-state index in [4.69, 9.17) is 28.9 Å². The van der Waals surface area contributed by atoms with E-state index >= 15 is 0 Å². The smallest absolute Gasteiger partial charge is 0.250 e. The van der Waals surface area contributed by atoms with Gasteiger partial charge in [-0.25, -0.2) is 0 Å². The lowest BCUT2D eigenvalue weighted by Gasteiger charge is -2.05. The number of hydrogen-bond acceptors (Lipinski definition) is 2. The molecular weight excluding hydrogens is 235 g/mol. The Labute approximate surface area is 97.9 Å². The molecule has 5 heteroatoms. The highest BCUT2D eigenvalue weighted by Gasteiger charge is 2.04. The Morgan fingerprint density at radius 3 is 2.73 bits per heavy atom. The van der Waals surface area contributed by atoms with Gasteiger partial charge in [0.1, 0.15) is 0 Å². The minimum Gasteiger partial charge on any atom is -0.402 e. The minimum atomic E-state index is -0.334. The molecule has 15 heavy (non-hydrogen) atoms. The standard InChI is InChI=1S/C10H10Cl2N2O/c1-6(13)4-10(15)14-9-5-7(11)2-3-8(9)12/h2-5H,13H2,1H3,(H,14,15)/b6-4-. The van der Waals surface area contributed by atoms with E-state index in [-0.39, 0.29) is 5.91 Å². The Morgan fingerprint density at radius 2 is 2.13 bits per heavy atom. The number of carbonyl (C=O) groups excluding carboxylic acids is 1. The van der Waals surface area contributed by atoms with Crippen molar-refractivity contribution >= 4 is 34.8 Å². The molecule has 0 atom stereocenters. The van der Waals surface area contributed by atoms with Crippen LogP contribution < -0.4 is 11.1 Å². The first-order chi connectivity index (χ1) is 6.99. The number of hydrogen-bond donors (Lipinski definition) is 2. The first-order valence-electron chi connectivity index (χ1n) is 4.19. The van der Waals surface area contributed by atoms with E-state index in [0.717, 1.165) is 0 Å². The van der Waals surface area contributed by atoms with Crippen molar-refractivity contribution < 1.29 is 4.79 Å². The van der Waals surface area contributed by atoms with Gasteiger partial charge in [-0.15, -0.1) is 0 Å². The molecular formula is C10H10Cl2N2O. The van der Waals surface area contributed by atoms with Crippen LogP contribution in [-0.2, 0) is 4.79 Å². The third-order valence-corrected chi connectivity index (χ3v) is 2.11. The fourth-order valence-corrected chi connectivity index (χ4v) is 1.31. The zero-order chi connectivity index (χ0) is 11.4. The van der Waals surface area contributed by atoms with Crippen molar-refractivity contribution in [3.63, 3.8) is 0 Å². The molecule has 0 aliphatic carbocycles. The van der Waals surface area contributed by atoms with Crippen LogP contribution in [0.4, 0.5) is 5.69 Å². The van der Waals surface area contributed by atoms with E-state index in [2.05, 4.69) is 5.32 Å². The van der Waals surface area contributed by atoms with Gasteiger partial charge >= 0.3 is 0 Å². The Hall–Kier alpha value is -1.19. The predicted molar refractivity (Wildman–Crippen MR) is 63.0 cm³/mol. The zero-order valence-corrected chi connectivity index (χ0v) is 9.56. The Kier molecular flexibility index (Phi) is 4.00. The summed E-state index contributed by atoms with van der Waals surface area (Å²) >= 11 is 11.6. The second-order valence-corrected chi connectivity index (χ2v) is 3.85. The van der Waals surface area contributed by atoms with Crippen molar-refractivity contribution in [2.24, 2.45) is 5.73 Å². The molecule has 0 aromatic heterocycles. The van der Waals surface area contributed by atoms with Gasteiger partial charge in [0.25, 0.3) is 0 Å². The molecule has 3 N–H and O–H groups in total. The molecule has 0 saturated carbocycles. The van der Waals surface area contributed by atoms with E-state index in [1.165, 1.54) is 6.08 Å². The maximum Gasteiger partial charge on any atom is 0.250 e. The van der Waals surface area contributed by atoms with Crippen LogP contribution in [0.3, 0.4) is 0 Å². The summed E-state index contributed by atoms with van der Waals surface area (Å²) in [6, 6.07) is 4.82. The molecule has 0 saturated heterocycles. The number of allylic oxidation sites excluding steroid dienone is 1. The summed E-state index contributed by atoms with van der Waals surface area (Å²) in [4.78, 5) is 11.3. The monoisotopic (exact) mass is 244 g/mol. The summed E-state index contributed by atoms with van der Waals surface area (Å²) in [5.74, 6) is -0.334. The first kappa shape index (κ1) is 11.9. The predicted octanol–water partition coefficient (Wildman–Crippen LogP) is 2.79. The third kappa shape index (κ3) is 3.81. The number of carbonyl (C=O) groups is 1. The number of amides is 1. The van der Waals surface area contributed by atoms with Crippen molar-refractivity contribution in [1.82, 2.24) is 0 Å². The van der Waals surface area contributed by atoms with Crippen LogP contribution in [0.5, 0.6) is 0 Å². The van der Waals surface area contributed by atoms with Crippen LogP contribution in [0, 0.1) is 0 Å². The van der Waals surface area contributed by atoms with E-state index in [1.807, 2.05) is 0 Å². The van der Waals surface area contributed by atoms with Crippen molar-refractivity contribution in [2.75, 3.05) is 5.32 Å². The molecule has 3 nitrogen and oxygen atoms in total. The molecule has 0 fully saturated rings. The average Bonchev–Trinajstić information content (AvgIpc) is 2.10. The maximum atomic E-state index is 11.3. The van der Waals surface area contributed by atoms with E-state index in [1.54, 1.807) is 25.1 Å². The molecule has 1 aromatic carbocycles. The van der Waals surface area contributed by atoms with Crippen LogP contribution >= 0.6 is 23.2 Å². The molecule has 0 aliphatic rings. The number of rotatable bonds is 2. The molecule has 0 spiro atoms. The van der Waals surface area contributed by atoms with Crippen molar-refractivity contribution in [1.29, 1.82) is 0 Å². The van der Waals surface area contributed by atoms with Gasteiger partial charge in [-0.3, -0.25) is 4.79 Å². The first-order valence-corrected chi connectivity index (χ1v) is 4.94. The molecule has 1 rings (SSSR count). The lowest BCUT2D eigenvalue weighted by Crippen LogP contribution is -2.10. The number of nitrogens with two attached hydrogens (primary N) is 1. The number of halogens is 2. The summed E-state index contributed by atoms with van der Waals surface area (Å²) < 4.78 is 0. The van der Waals surface area contributed by atoms with Crippen LogP contribution in [0.1, 0.15) is 6.92 Å². The molecule has 80 valence electrons. The van der Waals surface area contributed by atoms with Gasteiger partial charge in [0, 0.05) is 16.8 Å². The molecule has 0 bridgehead atoms. The maximum absolute atomic E-state index is 11.3. The van der Waals surface area contributed by atoms with Crippen molar-refractivity contribution in [2.45, 2.75) is 6.92 Å². The highest BCUT2D eigenvalue weighted by atomic mass is 35.5. The second-order valence-electron chi connectivity index (χ2n) is 3.00. The topological polar surface area (TPSA) is 55.1 Å².